The number of anilines is 1. The molecular weight excluding hydrogens is 258 g/mol. The van der Waals surface area contributed by atoms with E-state index in [0.717, 1.165) is 25.2 Å². The number of aromatic nitrogens is 2. The van der Waals surface area contributed by atoms with E-state index in [1.165, 1.54) is 0 Å². The van der Waals surface area contributed by atoms with Gasteiger partial charge in [-0.2, -0.15) is 4.98 Å². The molecule has 2 rings (SSSR count). The Morgan fingerprint density at radius 1 is 1.60 bits per heavy atom. The van der Waals surface area contributed by atoms with E-state index < -0.39 is 0 Å². The van der Waals surface area contributed by atoms with E-state index in [4.69, 9.17) is 10.5 Å². The van der Waals surface area contributed by atoms with Gasteiger partial charge in [-0.3, -0.25) is 9.78 Å². The predicted molar refractivity (Wildman–Crippen MR) is 75.6 cm³/mol. The van der Waals surface area contributed by atoms with Crippen LogP contribution in [0.15, 0.2) is 12.4 Å². The molecule has 1 saturated heterocycles. The van der Waals surface area contributed by atoms with Crippen molar-refractivity contribution in [1.29, 1.82) is 0 Å². The number of ether oxygens (including phenoxy) is 1. The standard InChI is InChI=1S/C13H21N5O2/c1-20-12-8-15-7-11(17-12)18-6-2-3-10(9-18)13(19)16-5-4-14/h7-8,10H,2-6,9,14H2,1H3,(H,16,19). The van der Waals surface area contributed by atoms with Crippen molar-refractivity contribution < 1.29 is 9.53 Å². The second kappa shape index (κ2) is 7.04. The molecule has 110 valence electrons. The van der Waals surface area contributed by atoms with Crippen molar-refractivity contribution in [2.24, 2.45) is 11.7 Å². The Morgan fingerprint density at radius 3 is 3.20 bits per heavy atom. The first-order valence-electron chi connectivity index (χ1n) is 6.83. The Bertz CT molecular complexity index is 454. The van der Waals surface area contributed by atoms with Gasteiger partial charge >= 0.3 is 0 Å². The Kier molecular flexibility index (Phi) is 5.11. The van der Waals surface area contributed by atoms with Crippen molar-refractivity contribution in [3.8, 4) is 5.88 Å². The molecule has 0 aromatic carbocycles. The lowest BCUT2D eigenvalue weighted by Gasteiger charge is -2.32. The van der Waals surface area contributed by atoms with Gasteiger partial charge in [0, 0.05) is 26.2 Å². The van der Waals surface area contributed by atoms with Crippen molar-refractivity contribution >= 4 is 11.7 Å². The molecule has 7 nitrogen and oxygen atoms in total. The third-order valence-electron chi connectivity index (χ3n) is 3.37. The van der Waals surface area contributed by atoms with E-state index in [9.17, 15) is 4.79 Å². The molecule has 1 amide bonds. The van der Waals surface area contributed by atoms with E-state index in [1.807, 2.05) is 0 Å². The third kappa shape index (κ3) is 3.57. The van der Waals surface area contributed by atoms with Crippen LogP contribution in [0.1, 0.15) is 12.8 Å². The summed E-state index contributed by atoms with van der Waals surface area (Å²) >= 11 is 0. The van der Waals surface area contributed by atoms with Gasteiger partial charge in [-0.05, 0) is 12.8 Å². The summed E-state index contributed by atoms with van der Waals surface area (Å²) in [6.07, 6.45) is 5.12. The summed E-state index contributed by atoms with van der Waals surface area (Å²) in [7, 11) is 1.56. The lowest BCUT2D eigenvalue weighted by Crippen LogP contribution is -2.44. The van der Waals surface area contributed by atoms with Crippen LogP contribution in [-0.4, -0.2) is 49.2 Å². The number of nitrogens with one attached hydrogen (secondary N) is 1. The first kappa shape index (κ1) is 14.5. The lowest BCUT2D eigenvalue weighted by atomic mass is 9.97. The highest BCUT2D eigenvalue weighted by Gasteiger charge is 2.26. The molecule has 1 aliphatic heterocycles. The van der Waals surface area contributed by atoms with Crippen molar-refractivity contribution in [2.75, 3.05) is 38.2 Å². The molecule has 0 bridgehead atoms. The van der Waals surface area contributed by atoms with Crippen LogP contribution in [0.5, 0.6) is 5.88 Å². The van der Waals surface area contributed by atoms with Gasteiger partial charge in [-0.1, -0.05) is 0 Å². The quantitative estimate of drug-likeness (QED) is 0.774. The minimum atomic E-state index is -0.0247. The first-order chi connectivity index (χ1) is 9.74. The molecule has 3 N–H and O–H groups in total. The Morgan fingerprint density at radius 2 is 2.45 bits per heavy atom. The van der Waals surface area contributed by atoms with Crippen molar-refractivity contribution in [1.82, 2.24) is 15.3 Å². The number of amides is 1. The molecule has 7 heteroatoms. The third-order valence-corrected chi connectivity index (χ3v) is 3.37. The molecule has 1 aromatic rings. The summed E-state index contributed by atoms with van der Waals surface area (Å²) in [5.41, 5.74) is 5.40. The lowest BCUT2D eigenvalue weighted by molar-refractivity contribution is -0.125. The monoisotopic (exact) mass is 279 g/mol. The van der Waals surface area contributed by atoms with Gasteiger partial charge in [0.15, 0.2) is 5.82 Å². The van der Waals surface area contributed by atoms with E-state index in [-0.39, 0.29) is 11.8 Å². The number of hydrogen-bond donors (Lipinski definition) is 2. The van der Waals surface area contributed by atoms with E-state index in [0.29, 0.717) is 25.5 Å². The zero-order valence-corrected chi connectivity index (χ0v) is 11.7. The van der Waals surface area contributed by atoms with Crippen molar-refractivity contribution in [3.63, 3.8) is 0 Å². The molecule has 1 fully saturated rings. The number of carbonyl (C=O) groups is 1. The van der Waals surface area contributed by atoms with Gasteiger partial charge in [-0.15, -0.1) is 0 Å². The predicted octanol–water partition coefficient (Wildman–Crippen LogP) is -0.223. The van der Waals surface area contributed by atoms with Crippen molar-refractivity contribution in [2.45, 2.75) is 12.8 Å². The summed E-state index contributed by atoms with van der Waals surface area (Å²) in [5, 5.41) is 2.85. The molecule has 1 aliphatic rings. The maximum Gasteiger partial charge on any atom is 0.233 e. The van der Waals surface area contributed by atoms with Gasteiger partial charge in [-0.25, -0.2) is 0 Å². The number of rotatable bonds is 5. The summed E-state index contributed by atoms with van der Waals surface area (Å²) < 4.78 is 5.08. The molecule has 0 aliphatic carbocycles. The smallest absolute Gasteiger partial charge is 0.233 e. The average molecular weight is 279 g/mol. The highest BCUT2D eigenvalue weighted by molar-refractivity contribution is 5.79. The zero-order chi connectivity index (χ0) is 14.4. The fraction of sp³-hybridized carbons (Fsp3) is 0.615. The normalized spacial score (nSPS) is 18.7. The van der Waals surface area contributed by atoms with E-state index in [2.05, 4.69) is 20.2 Å². The van der Waals surface area contributed by atoms with Crippen LogP contribution >= 0.6 is 0 Å². The van der Waals surface area contributed by atoms with Crippen LogP contribution in [0.2, 0.25) is 0 Å². The molecule has 20 heavy (non-hydrogen) atoms. The molecule has 0 radical (unpaired) electrons. The van der Waals surface area contributed by atoms with Gasteiger partial charge in [0.25, 0.3) is 0 Å². The number of hydrogen-bond acceptors (Lipinski definition) is 6. The molecule has 2 heterocycles. The maximum absolute atomic E-state index is 12.0. The average Bonchev–Trinajstić information content (AvgIpc) is 2.52. The van der Waals surface area contributed by atoms with Crippen LogP contribution in [0.4, 0.5) is 5.82 Å². The number of carbonyl (C=O) groups excluding carboxylic acids is 1. The second-order valence-corrected chi connectivity index (χ2v) is 4.78. The van der Waals surface area contributed by atoms with Crippen LogP contribution in [0.25, 0.3) is 0 Å². The summed E-state index contributed by atoms with van der Waals surface area (Å²) in [4.78, 5) is 22.5. The van der Waals surface area contributed by atoms with E-state index in [1.54, 1.807) is 19.5 Å². The highest BCUT2D eigenvalue weighted by Crippen LogP contribution is 2.22. The summed E-state index contributed by atoms with van der Waals surface area (Å²) in [5.74, 6) is 1.28. The first-order valence-corrected chi connectivity index (χ1v) is 6.83. The van der Waals surface area contributed by atoms with E-state index >= 15 is 0 Å². The van der Waals surface area contributed by atoms with Gasteiger partial charge < -0.3 is 20.7 Å². The molecule has 0 saturated carbocycles. The second-order valence-electron chi connectivity index (χ2n) is 4.78. The number of methoxy groups -OCH3 is 1. The molecule has 0 spiro atoms. The SMILES string of the molecule is COc1cncc(N2CCCC(C(=O)NCCN)C2)n1. The Balaban J connectivity index is 2.00. The topological polar surface area (TPSA) is 93.4 Å². The number of piperidine rings is 1. The minimum absolute atomic E-state index is 0.0247. The largest absolute Gasteiger partial charge is 0.480 e. The van der Waals surface area contributed by atoms with Gasteiger partial charge in [0.05, 0.1) is 25.4 Å². The molecule has 1 unspecified atom stereocenters. The number of nitrogens with zero attached hydrogens (tertiary/aromatic N) is 3. The zero-order valence-electron chi connectivity index (χ0n) is 11.7. The molecule has 1 atom stereocenters. The summed E-state index contributed by atoms with van der Waals surface area (Å²) in [6, 6.07) is 0. The fourth-order valence-corrected chi connectivity index (χ4v) is 2.33. The minimum Gasteiger partial charge on any atom is -0.480 e. The highest BCUT2D eigenvalue weighted by atomic mass is 16.5. The Hall–Kier alpha value is -1.89. The van der Waals surface area contributed by atoms with Crippen LogP contribution in [0, 0.1) is 5.92 Å². The van der Waals surface area contributed by atoms with Gasteiger partial charge in [0.2, 0.25) is 11.8 Å². The van der Waals surface area contributed by atoms with Crippen molar-refractivity contribution in [3.05, 3.63) is 12.4 Å². The van der Waals surface area contributed by atoms with Crippen LogP contribution in [-0.2, 0) is 4.79 Å². The van der Waals surface area contributed by atoms with Gasteiger partial charge in [0.1, 0.15) is 0 Å². The Labute approximate surface area is 118 Å². The molecular formula is C13H21N5O2. The maximum atomic E-state index is 12.0. The fourth-order valence-electron chi connectivity index (χ4n) is 2.33. The summed E-state index contributed by atoms with van der Waals surface area (Å²) in [6.45, 7) is 2.51. The van der Waals surface area contributed by atoms with Crippen LogP contribution < -0.4 is 20.7 Å². The molecule has 1 aromatic heterocycles. The number of nitrogens with two attached hydrogens (primary N) is 1. The van der Waals surface area contributed by atoms with Crippen LogP contribution in [0.3, 0.4) is 0 Å².